The molecule has 3 nitrogen and oxygen atoms in total. The fraction of sp³-hybridized carbons (Fsp3) is 1.00. The Hall–Kier alpha value is -0.120. The first kappa shape index (κ1) is 10.9. The normalized spacial score (nSPS) is 13.1. The zero-order valence-electron chi connectivity index (χ0n) is 8.42. The molecule has 68 valence electrons. The van der Waals surface area contributed by atoms with E-state index in [1.807, 2.05) is 0 Å². The maximum absolute atomic E-state index is 5.33. The van der Waals surface area contributed by atoms with Crippen LogP contribution in [0.4, 0.5) is 0 Å². The molecule has 0 rings (SSSR count). The van der Waals surface area contributed by atoms with Gasteiger partial charge in [0.05, 0.1) is 14.2 Å². The zero-order valence-corrected chi connectivity index (χ0v) is 8.42. The van der Waals surface area contributed by atoms with Crippen LogP contribution in [-0.4, -0.2) is 31.1 Å². The summed E-state index contributed by atoms with van der Waals surface area (Å²) in [5.41, 5.74) is 0. The molecule has 0 N–H and O–H groups in total. The minimum Gasteiger partial charge on any atom is -0.171 e. The minimum atomic E-state index is 0.250. The van der Waals surface area contributed by atoms with E-state index in [9.17, 15) is 0 Å². The molecule has 0 fully saturated rings. The van der Waals surface area contributed by atoms with Crippen LogP contribution in [0.3, 0.4) is 0 Å². The summed E-state index contributed by atoms with van der Waals surface area (Å²) in [5, 5.41) is 0. The van der Waals surface area contributed by atoms with Crippen molar-refractivity contribution in [1.82, 2.24) is 0 Å². The smallest absolute Gasteiger partial charge is 0.147 e. The molecule has 0 aliphatic rings. The van der Waals surface area contributed by atoms with E-state index in [4.69, 9.17) is 9.68 Å². The van der Waals surface area contributed by atoms with Gasteiger partial charge in [0.2, 0.25) is 0 Å². The maximum Gasteiger partial charge on any atom is 0.147 e. The molecule has 0 radical (unpaired) electrons. The van der Waals surface area contributed by atoms with Gasteiger partial charge in [-0.15, -0.1) is 0 Å². The SMILES string of the molecule is CO[N+](OC)(C(C)C)C(C)C. The second-order valence-electron chi connectivity index (χ2n) is 3.20. The molecule has 0 bridgehead atoms. The molecular weight excluding hydrogens is 142 g/mol. The monoisotopic (exact) mass is 162 g/mol. The van der Waals surface area contributed by atoms with Gasteiger partial charge in [-0.3, -0.25) is 0 Å². The quantitative estimate of drug-likeness (QED) is 0.463. The Kier molecular flexibility index (Phi) is 4.00. The van der Waals surface area contributed by atoms with Crippen molar-refractivity contribution in [3.8, 4) is 0 Å². The summed E-state index contributed by atoms with van der Waals surface area (Å²) in [6.07, 6.45) is 0. The summed E-state index contributed by atoms with van der Waals surface area (Å²) in [4.78, 5) is 10.9. The van der Waals surface area contributed by atoms with E-state index in [0.29, 0.717) is 12.1 Å². The van der Waals surface area contributed by atoms with Crippen LogP contribution in [0.25, 0.3) is 0 Å². The van der Waals surface area contributed by atoms with Gasteiger partial charge in [0.1, 0.15) is 12.1 Å². The number of hydrogen-bond donors (Lipinski definition) is 0. The summed E-state index contributed by atoms with van der Waals surface area (Å²) in [7, 11) is 3.34. The topological polar surface area (TPSA) is 18.5 Å². The number of hydrogen-bond acceptors (Lipinski definition) is 2. The van der Waals surface area contributed by atoms with Gasteiger partial charge in [-0.05, 0) is 32.5 Å². The van der Waals surface area contributed by atoms with Crippen molar-refractivity contribution in [1.29, 1.82) is 0 Å². The average Bonchev–Trinajstić information content (AvgIpc) is 1.90. The summed E-state index contributed by atoms with van der Waals surface area (Å²) in [5.74, 6) is 0. The molecule has 0 aromatic carbocycles. The van der Waals surface area contributed by atoms with Crippen molar-refractivity contribution >= 4 is 0 Å². The fourth-order valence-electron chi connectivity index (χ4n) is 1.51. The van der Waals surface area contributed by atoms with E-state index >= 15 is 0 Å². The molecule has 0 aliphatic carbocycles. The van der Waals surface area contributed by atoms with E-state index in [0.717, 1.165) is 0 Å². The third-order valence-corrected chi connectivity index (χ3v) is 2.01. The molecule has 3 heteroatoms. The fourth-order valence-corrected chi connectivity index (χ4v) is 1.51. The standard InChI is InChI=1S/C8H20NO2/c1-7(2)9(10-5,11-6)8(3)4/h7-8H,1-6H3/q+1. The lowest BCUT2D eigenvalue weighted by molar-refractivity contribution is -1.27. The first-order valence-corrected chi connectivity index (χ1v) is 4.01. The van der Waals surface area contributed by atoms with Crippen molar-refractivity contribution in [2.75, 3.05) is 14.2 Å². The van der Waals surface area contributed by atoms with Crippen LogP contribution in [0, 0.1) is 0 Å². The van der Waals surface area contributed by atoms with Gasteiger partial charge in [0, 0.05) is 0 Å². The van der Waals surface area contributed by atoms with Crippen molar-refractivity contribution in [3.05, 3.63) is 0 Å². The second-order valence-corrected chi connectivity index (χ2v) is 3.20. The van der Waals surface area contributed by atoms with E-state index in [1.54, 1.807) is 14.2 Å². The van der Waals surface area contributed by atoms with Crippen LogP contribution >= 0.6 is 0 Å². The predicted octanol–water partition coefficient (Wildman–Crippen LogP) is 1.74. The van der Waals surface area contributed by atoms with Gasteiger partial charge >= 0.3 is 0 Å². The van der Waals surface area contributed by atoms with Crippen LogP contribution in [-0.2, 0) is 9.68 Å². The molecule has 0 spiro atoms. The second kappa shape index (κ2) is 4.04. The van der Waals surface area contributed by atoms with Crippen molar-refractivity contribution in [2.45, 2.75) is 39.8 Å². The summed E-state index contributed by atoms with van der Waals surface area (Å²) in [6.45, 7) is 8.31. The summed E-state index contributed by atoms with van der Waals surface area (Å²) >= 11 is 0. The van der Waals surface area contributed by atoms with Gasteiger partial charge in [0.15, 0.2) is 0 Å². The molecule has 0 saturated carbocycles. The van der Waals surface area contributed by atoms with Gasteiger partial charge in [-0.2, -0.15) is 9.68 Å². The van der Waals surface area contributed by atoms with Crippen LogP contribution in [0.2, 0.25) is 0 Å². The predicted molar refractivity (Wildman–Crippen MR) is 44.6 cm³/mol. The van der Waals surface area contributed by atoms with Crippen LogP contribution < -0.4 is 0 Å². The molecule has 0 saturated heterocycles. The number of hydroxylamine groups is 4. The highest BCUT2D eigenvalue weighted by atomic mass is 17.0. The van der Waals surface area contributed by atoms with Crippen molar-refractivity contribution in [3.63, 3.8) is 0 Å². The Morgan fingerprint density at radius 2 is 1.09 bits per heavy atom. The molecular formula is C8H20NO2+. The average molecular weight is 162 g/mol. The van der Waals surface area contributed by atoms with Crippen LogP contribution in [0.15, 0.2) is 0 Å². The lowest BCUT2D eigenvalue weighted by Crippen LogP contribution is -2.55. The molecule has 0 amide bonds. The Morgan fingerprint density at radius 3 is 1.09 bits per heavy atom. The van der Waals surface area contributed by atoms with Crippen molar-refractivity contribution in [2.24, 2.45) is 0 Å². The molecule has 0 aliphatic heterocycles. The molecule has 0 heterocycles. The van der Waals surface area contributed by atoms with E-state index in [1.165, 1.54) is 0 Å². The van der Waals surface area contributed by atoms with Gasteiger partial charge in [-0.1, -0.05) is 0 Å². The van der Waals surface area contributed by atoms with E-state index in [2.05, 4.69) is 27.7 Å². The number of rotatable bonds is 4. The highest BCUT2D eigenvalue weighted by molar-refractivity contribution is 4.39. The van der Waals surface area contributed by atoms with Gasteiger partial charge in [-0.25, -0.2) is 0 Å². The highest BCUT2D eigenvalue weighted by Gasteiger charge is 2.37. The summed E-state index contributed by atoms with van der Waals surface area (Å²) < 4.78 is 0. The number of quaternary nitrogens is 1. The van der Waals surface area contributed by atoms with Gasteiger partial charge in [0.25, 0.3) is 0 Å². The lowest BCUT2D eigenvalue weighted by Gasteiger charge is -2.36. The van der Waals surface area contributed by atoms with E-state index in [-0.39, 0.29) is 4.81 Å². The molecule has 0 unspecified atom stereocenters. The Bertz CT molecular complexity index is 98.7. The first-order valence-electron chi connectivity index (χ1n) is 4.01. The Balaban J connectivity index is 4.46. The Morgan fingerprint density at radius 1 is 0.818 bits per heavy atom. The lowest BCUT2D eigenvalue weighted by atomic mass is 10.3. The van der Waals surface area contributed by atoms with Crippen molar-refractivity contribution < 1.29 is 14.5 Å². The largest absolute Gasteiger partial charge is 0.171 e. The Labute approximate surface area is 69.4 Å². The minimum absolute atomic E-state index is 0.250. The molecule has 0 aromatic heterocycles. The van der Waals surface area contributed by atoms with Crippen LogP contribution in [0.1, 0.15) is 27.7 Å². The van der Waals surface area contributed by atoms with E-state index < -0.39 is 0 Å². The number of nitrogens with zero attached hydrogens (tertiary/aromatic N) is 1. The third kappa shape index (κ3) is 1.92. The van der Waals surface area contributed by atoms with Crippen LogP contribution in [0.5, 0.6) is 0 Å². The van der Waals surface area contributed by atoms with Gasteiger partial charge < -0.3 is 0 Å². The zero-order chi connectivity index (χ0) is 9.07. The summed E-state index contributed by atoms with van der Waals surface area (Å²) in [6, 6.07) is 0.620. The highest BCUT2D eigenvalue weighted by Crippen LogP contribution is 2.19. The maximum atomic E-state index is 5.33. The molecule has 11 heavy (non-hydrogen) atoms. The third-order valence-electron chi connectivity index (χ3n) is 2.01. The molecule has 0 atom stereocenters. The molecule has 0 aromatic rings. The first-order chi connectivity index (χ1) is 5.01.